The Morgan fingerprint density at radius 1 is 1.19 bits per heavy atom. The maximum atomic E-state index is 14.5. The van der Waals surface area contributed by atoms with Crippen molar-refractivity contribution in [3.63, 3.8) is 0 Å². The summed E-state index contributed by atoms with van der Waals surface area (Å²) in [6.45, 7) is 1.69. The van der Waals surface area contributed by atoms with Crippen LogP contribution in [0.3, 0.4) is 0 Å². The Balaban J connectivity index is 1.95. The summed E-state index contributed by atoms with van der Waals surface area (Å²) in [4.78, 5) is 19.7. The Morgan fingerprint density at radius 3 is 2.63 bits per heavy atom. The Bertz CT molecular complexity index is 860. The molecule has 1 unspecified atom stereocenters. The molecule has 0 spiro atoms. The normalized spacial score (nSPS) is 19.6. The molecule has 2 aromatic rings. The number of aromatic nitrogens is 2. The second-order valence-electron chi connectivity index (χ2n) is 6.71. The monoisotopic (exact) mass is 376 g/mol. The number of pyridine rings is 2. The highest BCUT2D eigenvalue weighted by molar-refractivity contribution is 5.98. The summed E-state index contributed by atoms with van der Waals surface area (Å²) < 4.78 is 28.5. The maximum absolute atomic E-state index is 14.5. The number of hydrogen-bond donors (Lipinski definition) is 4. The van der Waals surface area contributed by atoms with E-state index < -0.39 is 17.5 Å². The lowest BCUT2D eigenvalue weighted by Crippen LogP contribution is -2.43. The van der Waals surface area contributed by atoms with Crippen molar-refractivity contribution in [1.82, 2.24) is 9.97 Å². The predicted molar refractivity (Wildman–Crippen MR) is 98.8 cm³/mol. The number of carbonyl (C=O) groups excluding carboxylic acids is 1. The molecule has 1 amide bonds. The molecule has 2 atom stereocenters. The van der Waals surface area contributed by atoms with Gasteiger partial charge in [-0.1, -0.05) is 12.8 Å². The number of carbonyl (C=O) groups is 1. The number of primary amides is 1. The highest BCUT2D eigenvalue weighted by atomic mass is 19.1. The van der Waals surface area contributed by atoms with Crippen molar-refractivity contribution in [2.75, 3.05) is 10.6 Å². The lowest BCUT2D eigenvalue weighted by atomic mass is 9.91. The molecular formula is C18H22F2N6O. The van der Waals surface area contributed by atoms with Gasteiger partial charge in [-0.3, -0.25) is 9.78 Å². The van der Waals surface area contributed by atoms with Crippen LogP contribution in [0.2, 0.25) is 0 Å². The second-order valence-corrected chi connectivity index (χ2v) is 6.71. The zero-order valence-electron chi connectivity index (χ0n) is 14.9. The van der Waals surface area contributed by atoms with E-state index in [1.807, 2.05) is 0 Å². The molecule has 1 fully saturated rings. The minimum atomic E-state index is -0.879. The number of rotatable bonds is 5. The van der Waals surface area contributed by atoms with Gasteiger partial charge in [0.15, 0.2) is 17.5 Å². The van der Waals surface area contributed by atoms with Crippen molar-refractivity contribution < 1.29 is 13.6 Å². The van der Waals surface area contributed by atoms with Crippen LogP contribution in [-0.4, -0.2) is 28.0 Å². The molecule has 0 bridgehead atoms. The fourth-order valence-corrected chi connectivity index (χ4v) is 3.15. The first kappa shape index (κ1) is 19.0. The van der Waals surface area contributed by atoms with Gasteiger partial charge in [-0.15, -0.1) is 0 Å². The minimum absolute atomic E-state index is 0.0414. The molecule has 0 aliphatic heterocycles. The van der Waals surface area contributed by atoms with Gasteiger partial charge in [0.25, 0.3) is 5.91 Å². The van der Waals surface area contributed by atoms with E-state index in [0.717, 1.165) is 37.9 Å². The van der Waals surface area contributed by atoms with Crippen LogP contribution in [-0.2, 0) is 0 Å². The van der Waals surface area contributed by atoms with Crippen LogP contribution in [0.1, 0.15) is 41.7 Å². The van der Waals surface area contributed by atoms with Gasteiger partial charge < -0.3 is 22.1 Å². The minimum Gasteiger partial charge on any atom is -0.365 e. The quantitative estimate of drug-likeness (QED) is 0.637. The van der Waals surface area contributed by atoms with E-state index in [-0.39, 0.29) is 35.0 Å². The zero-order chi connectivity index (χ0) is 19.6. The van der Waals surface area contributed by atoms with Gasteiger partial charge in [0.05, 0.1) is 17.4 Å². The van der Waals surface area contributed by atoms with Crippen LogP contribution in [0.4, 0.5) is 26.1 Å². The molecule has 2 aromatic heterocycles. The van der Waals surface area contributed by atoms with Gasteiger partial charge in [0, 0.05) is 17.8 Å². The first-order valence-corrected chi connectivity index (χ1v) is 8.76. The van der Waals surface area contributed by atoms with Crippen molar-refractivity contribution in [2.45, 2.75) is 44.7 Å². The van der Waals surface area contributed by atoms with E-state index in [1.54, 1.807) is 6.92 Å². The Hall–Kier alpha value is -2.81. The Morgan fingerprint density at radius 2 is 1.93 bits per heavy atom. The molecular weight excluding hydrogens is 354 g/mol. The molecule has 7 nitrogen and oxygen atoms in total. The molecule has 9 heteroatoms. The molecule has 1 aliphatic rings. The van der Waals surface area contributed by atoms with Crippen LogP contribution in [0.15, 0.2) is 18.3 Å². The summed E-state index contributed by atoms with van der Waals surface area (Å²) in [6, 6.07) is 2.19. The van der Waals surface area contributed by atoms with Crippen LogP contribution >= 0.6 is 0 Å². The zero-order valence-corrected chi connectivity index (χ0v) is 14.9. The molecule has 0 saturated heterocycles. The highest BCUT2D eigenvalue weighted by Gasteiger charge is 2.24. The molecule has 3 rings (SSSR count). The largest absolute Gasteiger partial charge is 0.365 e. The van der Waals surface area contributed by atoms with Crippen molar-refractivity contribution in [1.29, 1.82) is 0 Å². The Labute approximate surface area is 155 Å². The van der Waals surface area contributed by atoms with E-state index in [0.29, 0.717) is 5.69 Å². The molecule has 1 aliphatic carbocycles. The summed E-state index contributed by atoms with van der Waals surface area (Å²) in [5.41, 5.74) is 11.9. The molecule has 6 N–H and O–H groups in total. The average molecular weight is 376 g/mol. The first-order chi connectivity index (χ1) is 12.8. The van der Waals surface area contributed by atoms with E-state index >= 15 is 0 Å². The summed E-state index contributed by atoms with van der Waals surface area (Å²) in [5, 5.41) is 5.72. The van der Waals surface area contributed by atoms with Crippen molar-refractivity contribution in [3.05, 3.63) is 41.2 Å². The number of halogens is 2. The smallest absolute Gasteiger partial charge is 0.252 e. The third-order valence-corrected chi connectivity index (χ3v) is 4.63. The lowest BCUT2D eigenvalue weighted by molar-refractivity contribution is 0.100. The van der Waals surface area contributed by atoms with Crippen molar-refractivity contribution in [2.24, 2.45) is 11.5 Å². The lowest BCUT2D eigenvalue weighted by Gasteiger charge is -2.30. The van der Waals surface area contributed by atoms with Crippen molar-refractivity contribution in [3.8, 4) is 0 Å². The van der Waals surface area contributed by atoms with E-state index in [1.165, 1.54) is 6.07 Å². The summed E-state index contributed by atoms with van der Waals surface area (Å²) in [7, 11) is 0. The number of amides is 1. The SMILES string of the molecule is Cc1cc(Nc2nc(NC3CCCC[C@@H]3N)c(F)cc2C(N)=O)c(F)cn1. The van der Waals surface area contributed by atoms with Crippen LogP contribution in [0, 0.1) is 18.6 Å². The van der Waals surface area contributed by atoms with Gasteiger partial charge in [-0.2, -0.15) is 0 Å². The summed E-state index contributed by atoms with van der Waals surface area (Å²) in [5.74, 6) is -2.34. The number of hydrogen-bond acceptors (Lipinski definition) is 6. The number of nitrogens with zero attached hydrogens (tertiary/aromatic N) is 2. The van der Waals surface area contributed by atoms with E-state index in [4.69, 9.17) is 11.5 Å². The van der Waals surface area contributed by atoms with E-state index in [2.05, 4.69) is 20.6 Å². The molecule has 2 heterocycles. The van der Waals surface area contributed by atoms with Crippen LogP contribution < -0.4 is 22.1 Å². The second kappa shape index (κ2) is 7.83. The Kier molecular flexibility index (Phi) is 5.50. The molecule has 27 heavy (non-hydrogen) atoms. The number of aryl methyl sites for hydroxylation is 1. The first-order valence-electron chi connectivity index (χ1n) is 8.76. The highest BCUT2D eigenvalue weighted by Crippen LogP contribution is 2.27. The summed E-state index contributed by atoms with van der Waals surface area (Å²) >= 11 is 0. The van der Waals surface area contributed by atoms with Crippen LogP contribution in [0.25, 0.3) is 0 Å². The van der Waals surface area contributed by atoms with Gasteiger partial charge >= 0.3 is 0 Å². The molecule has 0 aromatic carbocycles. The third kappa shape index (κ3) is 4.30. The molecule has 0 radical (unpaired) electrons. The number of nitrogens with one attached hydrogen (secondary N) is 2. The van der Waals surface area contributed by atoms with E-state index in [9.17, 15) is 13.6 Å². The predicted octanol–water partition coefficient (Wildman–Crippen LogP) is 2.59. The molecule has 1 saturated carbocycles. The standard InChI is InChI=1S/C18H22F2N6O/c1-9-6-15(12(20)8-23-9)25-17-10(16(22)27)7-11(19)18(26-17)24-14-5-3-2-4-13(14)21/h6-8,13-14H,2-5,21H2,1H3,(H2,22,27)(H2,23,24,25,26)/t13-,14?/m0/s1. The van der Waals surface area contributed by atoms with Gasteiger partial charge in [0.1, 0.15) is 5.82 Å². The van der Waals surface area contributed by atoms with Gasteiger partial charge in [-0.05, 0) is 31.9 Å². The fourth-order valence-electron chi connectivity index (χ4n) is 3.15. The topological polar surface area (TPSA) is 119 Å². The van der Waals surface area contributed by atoms with Crippen LogP contribution in [0.5, 0.6) is 0 Å². The van der Waals surface area contributed by atoms with Crippen molar-refractivity contribution >= 4 is 23.2 Å². The number of anilines is 3. The maximum Gasteiger partial charge on any atom is 0.252 e. The average Bonchev–Trinajstić information content (AvgIpc) is 2.62. The number of nitrogens with two attached hydrogens (primary N) is 2. The van der Waals surface area contributed by atoms with Gasteiger partial charge in [-0.25, -0.2) is 13.8 Å². The fraction of sp³-hybridized carbons (Fsp3) is 0.389. The molecule has 144 valence electrons. The van der Waals surface area contributed by atoms with Gasteiger partial charge in [0.2, 0.25) is 0 Å². The summed E-state index contributed by atoms with van der Waals surface area (Å²) in [6.07, 6.45) is 4.69. The third-order valence-electron chi connectivity index (χ3n) is 4.63.